The Morgan fingerprint density at radius 1 is 1.42 bits per heavy atom. The molecule has 0 unspecified atom stereocenters. The van der Waals surface area contributed by atoms with Crippen LogP contribution in [0.2, 0.25) is 0 Å². The largest absolute Gasteiger partial charge is 0.396 e. The minimum atomic E-state index is -0.272. The molecule has 1 radical (unpaired) electrons. The number of unbranched alkanes of at least 4 members (excludes halogenated alkanes) is 1. The van der Waals surface area contributed by atoms with Crippen molar-refractivity contribution in [2.75, 3.05) is 5.73 Å². The molecule has 0 spiro atoms. The van der Waals surface area contributed by atoms with E-state index in [0.717, 1.165) is 19.3 Å². The zero-order valence-electron chi connectivity index (χ0n) is 7.02. The minimum absolute atomic E-state index is 0.233. The van der Waals surface area contributed by atoms with E-state index >= 15 is 0 Å². The first-order chi connectivity index (χ1) is 5.75. The zero-order chi connectivity index (χ0) is 8.97. The third kappa shape index (κ3) is 1.97. The Morgan fingerprint density at radius 2 is 2.17 bits per heavy atom. The lowest BCUT2D eigenvalue weighted by Crippen LogP contribution is -1.96. The lowest BCUT2D eigenvalue weighted by atomic mass is 10.1. The Balaban J connectivity index is 2.78. The standard InChI is InChI=1S/C10H13FN/c1-2-3-5-8-6-4-7-9(12)10(8)11/h4,6-7H,1-3,5,12H2. The topological polar surface area (TPSA) is 26.0 Å². The average molecular weight is 166 g/mol. The highest BCUT2D eigenvalue weighted by Crippen LogP contribution is 2.16. The summed E-state index contributed by atoms with van der Waals surface area (Å²) in [6, 6.07) is 5.11. The highest BCUT2D eigenvalue weighted by Gasteiger charge is 2.03. The van der Waals surface area contributed by atoms with E-state index in [9.17, 15) is 4.39 Å². The maximum Gasteiger partial charge on any atom is 0.149 e. The Kier molecular flexibility index (Phi) is 3.09. The molecular weight excluding hydrogens is 153 g/mol. The summed E-state index contributed by atoms with van der Waals surface area (Å²) in [4.78, 5) is 0. The van der Waals surface area contributed by atoms with Crippen LogP contribution in [0.4, 0.5) is 10.1 Å². The van der Waals surface area contributed by atoms with Crippen molar-refractivity contribution < 1.29 is 4.39 Å². The van der Waals surface area contributed by atoms with Gasteiger partial charge in [-0.05, 0) is 24.5 Å². The quantitative estimate of drug-likeness (QED) is 0.686. The van der Waals surface area contributed by atoms with Crippen molar-refractivity contribution in [2.45, 2.75) is 19.3 Å². The third-order valence-electron chi connectivity index (χ3n) is 1.80. The zero-order valence-corrected chi connectivity index (χ0v) is 7.02. The second kappa shape index (κ2) is 4.10. The van der Waals surface area contributed by atoms with E-state index in [0.29, 0.717) is 5.56 Å². The number of hydrogen-bond donors (Lipinski definition) is 1. The fraction of sp³-hybridized carbons (Fsp3) is 0.300. The molecule has 0 aliphatic rings. The predicted octanol–water partition coefficient (Wildman–Crippen LogP) is 2.56. The molecule has 0 fully saturated rings. The summed E-state index contributed by atoms with van der Waals surface area (Å²) in [6.45, 7) is 3.70. The molecule has 0 saturated carbocycles. The van der Waals surface area contributed by atoms with Gasteiger partial charge in [0, 0.05) is 0 Å². The minimum Gasteiger partial charge on any atom is -0.396 e. The maximum atomic E-state index is 13.2. The number of nitrogens with two attached hydrogens (primary N) is 1. The van der Waals surface area contributed by atoms with Gasteiger partial charge < -0.3 is 5.73 Å². The summed E-state index contributed by atoms with van der Waals surface area (Å²) in [5, 5.41) is 0. The average Bonchev–Trinajstić information content (AvgIpc) is 2.08. The second-order valence-electron chi connectivity index (χ2n) is 2.78. The molecule has 1 aromatic carbocycles. The van der Waals surface area contributed by atoms with Gasteiger partial charge in [0.2, 0.25) is 0 Å². The van der Waals surface area contributed by atoms with Crippen LogP contribution in [-0.2, 0) is 6.42 Å². The summed E-state index contributed by atoms with van der Waals surface area (Å²) in [7, 11) is 0. The first-order valence-corrected chi connectivity index (χ1v) is 4.08. The Hall–Kier alpha value is -1.05. The van der Waals surface area contributed by atoms with E-state index < -0.39 is 0 Å². The van der Waals surface area contributed by atoms with Gasteiger partial charge in [-0.25, -0.2) is 4.39 Å². The molecule has 1 rings (SSSR count). The lowest BCUT2D eigenvalue weighted by molar-refractivity contribution is 0.609. The van der Waals surface area contributed by atoms with Crippen molar-refractivity contribution in [3.05, 3.63) is 36.5 Å². The molecule has 2 heteroatoms. The van der Waals surface area contributed by atoms with Gasteiger partial charge in [-0.15, -0.1) is 0 Å². The van der Waals surface area contributed by atoms with E-state index in [1.165, 1.54) is 0 Å². The highest BCUT2D eigenvalue weighted by atomic mass is 19.1. The number of rotatable bonds is 3. The molecule has 0 aliphatic heterocycles. The summed E-state index contributed by atoms with van der Waals surface area (Å²) in [5.74, 6) is -0.272. The molecule has 0 saturated heterocycles. The van der Waals surface area contributed by atoms with Crippen molar-refractivity contribution in [2.24, 2.45) is 0 Å². The molecule has 0 heterocycles. The van der Waals surface area contributed by atoms with Gasteiger partial charge in [0.25, 0.3) is 0 Å². The van der Waals surface area contributed by atoms with Gasteiger partial charge in [0.1, 0.15) is 5.82 Å². The van der Waals surface area contributed by atoms with Crippen LogP contribution in [0, 0.1) is 12.7 Å². The number of nitrogen functional groups attached to an aromatic ring is 1. The first-order valence-electron chi connectivity index (χ1n) is 4.08. The van der Waals surface area contributed by atoms with Crippen LogP contribution in [0.3, 0.4) is 0 Å². The first kappa shape index (κ1) is 9.04. The predicted molar refractivity (Wildman–Crippen MR) is 49.1 cm³/mol. The summed E-state index contributed by atoms with van der Waals surface area (Å²) in [5.41, 5.74) is 6.33. The fourth-order valence-electron chi connectivity index (χ4n) is 1.11. The molecule has 0 aromatic heterocycles. The van der Waals surface area contributed by atoms with E-state index in [-0.39, 0.29) is 11.5 Å². The third-order valence-corrected chi connectivity index (χ3v) is 1.80. The number of benzene rings is 1. The second-order valence-corrected chi connectivity index (χ2v) is 2.78. The van der Waals surface area contributed by atoms with Gasteiger partial charge >= 0.3 is 0 Å². The smallest absolute Gasteiger partial charge is 0.149 e. The number of halogens is 1. The molecule has 65 valence electrons. The normalized spacial score (nSPS) is 10.2. The summed E-state index contributed by atoms with van der Waals surface area (Å²) < 4.78 is 13.2. The van der Waals surface area contributed by atoms with Crippen LogP contribution in [-0.4, -0.2) is 0 Å². The van der Waals surface area contributed by atoms with E-state index in [2.05, 4.69) is 6.92 Å². The van der Waals surface area contributed by atoms with Crippen molar-refractivity contribution in [3.8, 4) is 0 Å². The summed E-state index contributed by atoms with van der Waals surface area (Å²) >= 11 is 0. The Labute approximate surface area is 72.4 Å². The maximum absolute atomic E-state index is 13.2. The van der Waals surface area contributed by atoms with Gasteiger partial charge in [-0.2, -0.15) is 0 Å². The van der Waals surface area contributed by atoms with Gasteiger partial charge in [0.15, 0.2) is 0 Å². The molecule has 2 N–H and O–H groups in total. The molecule has 1 aromatic rings. The molecule has 12 heavy (non-hydrogen) atoms. The van der Waals surface area contributed by atoms with Gasteiger partial charge in [-0.3, -0.25) is 0 Å². The van der Waals surface area contributed by atoms with Gasteiger partial charge in [0.05, 0.1) is 5.69 Å². The van der Waals surface area contributed by atoms with E-state index in [1.54, 1.807) is 18.2 Å². The van der Waals surface area contributed by atoms with Crippen molar-refractivity contribution >= 4 is 5.69 Å². The van der Waals surface area contributed by atoms with E-state index in [4.69, 9.17) is 5.73 Å². The molecule has 0 amide bonds. The van der Waals surface area contributed by atoms with Gasteiger partial charge in [-0.1, -0.05) is 25.5 Å². The highest BCUT2D eigenvalue weighted by molar-refractivity contribution is 5.42. The molecule has 0 atom stereocenters. The Morgan fingerprint density at radius 3 is 2.83 bits per heavy atom. The monoisotopic (exact) mass is 166 g/mol. The molecule has 0 bridgehead atoms. The number of anilines is 1. The van der Waals surface area contributed by atoms with Crippen LogP contribution in [0.5, 0.6) is 0 Å². The van der Waals surface area contributed by atoms with Crippen LogP contribution in [0.1, 0.15) is 18.4 Å². The SMILES string of the molecule is [CH2]CCCc1cccc(N)c1F. The van der Waals surface area contributed by atoms with Crippen LogP contribution in [0.25, 0.3) is 0 Å². The molecule has 0 aliphatic carbocycles. The van der Waals surface area contributed by atoms with Crippen molar-refractivity contribution in [1.29, 1.82) is 0 Å². The van der Waals surface area contributed by atoms with Crippen molar-refractivity contribution in [1.82, 2.24) is 0 Å². The lowest BCUT2D eigenvalue weighted by Gasteiger charge is -2.03. The number of aryl methyl sites for hydroxylation is 1. The van der Waals surface area contributed by atoms with E-state index in [1.807, 2.05) is 0 Å². The van der Waals surface area contributed by atoms with Crippen LogP contribution in [0.15, 0.2) is 18.2 Å². The summed E-state index contributed by atoms with van der Waals surface area (Å²) in [6.07, 6.45) is 2.45. The van der Waals surface area contributed by atoms with Crippen molar-refractivity contribution in [3.63, 3.8) is 0 Å². The number of hydrogen-bond acceptors (Lipinski definition) is 1. The molecular formula is C10H13FN. The van der Waals surface area contributed by atoms with Crippen LogP contribution < -0.4 is 5.73 Å². The fourth-order valence-corrected chi connectivity index (χ4v) is 1.11. The van der Waals surface area contributed by atoms with Crippen LogP contribution >= 0.6 is 0 Å². The molecule has 1 nitrogen and oxygen atoms in total. The Bertz CT molecular complexity index is 258.